The second-order valence-corrected chi connectivity index (χ2v) is 4.74. The number of aliphatic hydroxyl groups excluding tert-OH is 1. The van der Waals surface area contributed by atoms with Crippen LogP contribution < -0.4 is 16.6 Å². The molecule has 1 aromatic rings. The number of nitrogens with zero attached hydrogens (tertiary/aromatic N) is 2. The normalized spacial score (nSPS) is 22.9. The minimum Gasteiger partial charge on any atom is -0.393 e. The summed E-state index contributed by atoms with van der Waals surface area (Å²) in [6.07, 6.45) is -2.58. The van der Waals surface area contributed by atoms with Crippen LogP contribution in [0.15, 0.2) is 6.07 Å². The number of nitrogens with one attached hydrogen (secondary N) is 2. The number of alkyl halides is 3. The van der Waals surface area contributed by atoms with Gasteiger partial charge in [-0.15, -0.1) is 0 Å². The van der Waals surface area contributed by atoms with Crippen molar-refractivity contribution in [3.8, 4) is 0 Å². The molecule has 2 atom stereocenters. The Morgan fingerprint density at radius 2 is 2.00 bits per heavy atom. The quantitative estimate of drug-likeness (QED) is 0.494. The van der Waals surface area contributed by atoms with Crippen molar-refractivity contribution >= 4 is 11.6 Å². The predicted octanol–water partition coefficient (Wildman–Crippen LogP) is 1.35. The van der Waals surface area contributed by atoms with Gasteiger partial charge < -0.3 is 15.8 Å². The van der Waals surface area contributed by atoms with Crippen LogP contribution >= 0.6 is 0 Å². The second-order valence-electron chi connectivity index (χ2n) is 4.74. The van der Waals surface area contributed by atoms with Crippen LogP contribution in [0.1, 0.15) is 25.1 Å². The summed E-state index contributed by atoms with van der Waals surface area (Å²) < 4.78 is 37.9. The van der Waals surface area contributed by atoms with Crippen LogP contribution in [-0.2, 0) is 6.18 Å². The van der Waals surface area contributed by atoms with E-state index in [0.717, 1.165) is 19.3 Å². The van der Waals surface area contributed by atoms with Crippen LogP contribution in [0.3, 0.4) is 0 Å². The fraction of sp³-hybridized carbons (Fsp3) is 0.636. The zero-order valence-corrected chi connectivity index (χ0v) is 10.6. The third-order valence-corrected chi connectivity index (χ3v) is 3.29. The Balaban J connectivity index is 2.10. The highest BCUT2D eigenvalue weighted by Crippen LogP contribution is 2.29. The van der Waals surface area contributed by atoms with Crippen LogP contribution in [0.4, 0.5) is 24.8 Å². The van der Waals surface area contributed by atoms with Crippen molar-refractivity contribution in [2.45, 2.75) is 31.5 Å². The lowest BCUT2D eigenvalue weighted by Crippen LogP contribution is -2.23. The molecule has 1 aliphatic carbocycles. The van der Waals surface area contributed by atoms with Crippen LogP contribution in [0.5, 0.6) is 0 Å². The van der Waals surface area contributed by atoms with Gasteiger partial charge in [0.05, 0.1) is 6.10 Å². The molecule has 0 aliphatic heterocycles. The molecule has 0 aromatic carbocycles. The number of aliphatic hydroxyl groups is 1. The highest BCUT2D eigenvalue weighted by Gasteiger charge is 2.35. The summed E-state index contributed by atoms with van der Waals surface area (Å²) >= 11 is 0. The van der Waals surface area contributed by atoms with Gasteiger partial charge >= 0.3 is 6.18 Å². The lowest BCUT2D eigenvalue weighted by molar-refractivity contribution is -0.144. The van der Waals surface area contributed by atoms with E-state index in [0.29, 0.717) is 6.54 Å². The summed E-state index contributed by atoms with van der Waals surface area (Å²) in [5, 5.41) is 12.5. The molecule has 112 valence electrons. The van der Waals surface area contributed by atoms with E-state index >= 15 is 0 Å². The SMILES string of the molecule is NNc1cc(NCC2CCCC2O)nc(C(F)(F)F)n1. The molecule has 0 bridgehead atoms. The first-order valence-corrected chi connectivity index (χ1v) is 6.25. The Labute approximate surface area is 113 Å². The third kappa shape index (κ3) is 3.48. The minimum absolute atomic E-state index is 0.0218. The number of hydrogen-bond donors (Lipinski definition) is 4. The maximum Gasteiger partial charge on any atom is 0.451 e. The minimum atomic E-state index is -4.64. The number of nitrogen functional groups attached to an aromatic ring is 1. The van der Waals surface area contributed by atoms with Gasteiger partial charge in [-0.3, -0.25) is 0 Å². The van der Waals surface area contributed by atoms with Crippen molar-refractivity contribution in [1.82, 2.24) is 9.97 Å². The number of hydrazine groups is 1. The van der Waals surface area contributed by atoms with E-state index in [9.17, 15) is 18.3 Å². The Hall–Kier alpha value is -1.61. The maximum atomic E-state index is 12.6. The molecule has 0 spiro atoms. The van der Waals surface area contributed by atoms with Crippen LogP contribution in [0, 0.1) is 5.92 Å². The first-order chi connectivity index (χ1) is 9.40. The van der Waals surface area contributed by atoms with E-state index in [-0.39, 0.29) is 17.6 Å². The first kappa shape index (κ1) is 14.8. The fourth-order valence-electron chi connectivity index (χ4n) is 2.23. The zero-order valence-electron chi connectivity index (χ0n) is 10.6. The largest absolute Gasteiger partial charge is 0.451 e. The average molecular weight is 291 g/mol. The van der Waals surface area contributed by atoms with Crippen molar-refractivity contribution in [2.75, 3.05) is 17.3 Å². The van der Waals surface area contributed by atoms with E-state index in [1.807, 2.05) is 0 Å². The van der Waals surface area contributed by atoms with Gasteiger partial charge in [-0.25, -0.2) is 15.8 Å². The van der Waals surface area contributed by atoms with Crippen LogP contribution in [0.25, 0.3) is 0 Å². The van der Waals surface area contributed by atoms with Crippen molar-refractivity contribution in [1.29, 1.82) is 0 Å². The molecule has 20 heavy (non-hydrogen) atoms. The van der Waals surface area contributed by atoms with E-state index < -0.39 is 18.1 Å². The molecule has 1 aliphatic rings. The summed E-state index contributed by atoms with van der Waals surface area (Å²) in [5.41, 5.74) is 2.08. The van der Waals surface area contributed by atoms with Gasteiger partial charge in [-0.2, -0.15) is 13.2 Å². The van der Waals surface area contributed by atoms with E-state index in [4.69, 9.17) is 5.84 Å². The molecule has 0 saturated heterocycles. The van der Waals surface area contributed by atoms with Gasteiger partial charge in [-0.1, -0.05) is 6.42 Å². The first-order valence-electron chi connectivity index (χ1n) is 6.25. The van der Waals surface area contributed by atoms with Crippen molar-refractivity contribution < 1.29 is 18.3 Å². The number of anilines is 2. The fourth-order valence-corrected chi connectivity index (χ4v) is 2.23. The molecule has 1 heterocycles. The molecule has 6 nitrogen and oxygen atoms in total. The van der Waals surface area contributed by atoms with Gasteiger partial charge in [-0.05, 0) is 12.8 Å². The molecule has 0 amide bonds. The van der Waals surface area contributed by atoms with E-state index in [1.165, 1.54) is 6.07 Å². The molecule has 1 fully saturated rings. The van der Waals surface area contributed by atoms with Gasteiger partial charge in [0.25, 0.3) is 0 Å². The Morgan fingerprint density at radius 1 is 1.30 bits per heavy atom. The van der Waals surface area contributed by atoms with Gasteiger partial charge in [0.1, 0.15) is 11.6 Å². The van der Waals surface area contributed by atoms with Crippen LogP contribution in [-0.4, -0.2) is 27.7 Å². The highest BCUT2D eigenvalue weighted by atomic mass is 19.4. The maximum absolute atomic E-state index is 12.6. The molecule has 9 heteroatoms. The Morgan fingerprint density at radius 3 is 2.55 bits per heavy atom. The standard InChI is InChI=1S/C11H16F3N5O/c12-11(13,14)10-17-8(4-9(18-10)19-15)16-5-6-2-1-3-7(6)20/h4,6-7,20H,1-3,5,15H2,(H2,16,17,18,19). The Kier molecular flexibility index (Phi) is 4.29. The third-order valence-electron chi connectivity index (χ3n) is 3.29. The van der Waals surface area contributed by atoms with Crippen LogP contribution in [0.2, 0.25) is 0 Å². The molecular weight excluding hydrogens is 275 g/mol. The Bertz CT molecular complexity index is 468. The monoisotopic (exact) mass is 291 g/mol. The second kappa shape index (κ2) is 5.80. The van der Waals surface area contributed by atoms with Gasteiger partial charge in [0.2, 0.25) is 5.82 Å². The number of hydrogen-bond acceptors (Lipinski definition) is 6. The zero-order chi connectivity index (χ0) is 14.8. The van der Waals surface area contributed by atoms with Gasteiger partial charge in [0.15, 0.2) is 0 Å². The summed E-state index contributed by atoms with van der Waals surface area (Å²) in [5.74, 6) is 3.76. The molecule has 1 aromatic heterocycles. The average Bonchev–Trinajstić information content (AvgIpc) is 2.80. The number of rotatable bonds is 4. The molecule has 2 rings (SSSR count). The van der Waals surface area contributed by atoms with Gasteiger partial charge in [0, 0.05) is 18.5 Å². The van der Waals surface area contributed by atoms with Crippen molar-refractivity contribution in [2.24, 2.45) is 11.8 Å². The summed E-state index contributed by atoms with van der Waals surface area (Å²) in [6, 6.07) is 1.29. The topological polar surface area (TPSA) is 96.1 Å². The molecule has 2 unspecified atom stereocenters. The van der Waals surface area contributed by atoms with E-state index in [1.54, 1.807) is 0 Å². The lowest BCUT2D eigenvalue weighted by atomic mass is 10.1. The molecular formula is C11H16F3N5O. The van der Waals surface area contributed by atoms with E-state index in [2.05, 4.69) is 20.7 Å². The van der Waals surface area contributed by atoms with Crippen molar-refractivity contribution in [3.05, 3.63) is 11.9 Å². The summed E-state index contributed by atoms with van der Waals surface area (Å²) in [7, 11) is 0. The predicted molar refractivity (Wildman–Crippen MR) is 66.7 cm³/mol. The highest BCUT2D eigenvalue weighted by molar-refractivity contribution is 5.47. The number of nitrogens with two attached hydrogens (primary N) is 1. The summed E-state index contributed by atoms with van der Waals surface area (Å²) in [6.45, 7) is 0.361. The van der Waals surface area contributed by atoms with Crippen molar-refractivity contribution in [3.63, 3.8) is 0 Å². The lowest BCUT2D eigenvalue weighted by Gasteiger charge is -2.16. The molecule has 5 N–H and O–H groups in total. The smallest absolute Gasteiger partial charge is 0.393 e. The number of aromatic nitrogens is 2. The summed E-state index contributed by atoms with van der Waals surface area (Å²) in [4.78, 5) is 6.67. The molecule has 1 saturated carbocycles. The molecule has 0 radical (unpaired) electrons. The number of halogens is 3.